The molecule has 0 saturated carbocycles. The van der Waals surface area contributed by atoms with E-state index in [-0.39, 0.29) is 24.3 Å². The highest BCUT2D eigenvalue weighted by molar-refractivity contribution is 5.82. The Balaban J connectivity index is 1.51. The summed E-state index contributed by atoms with van der Waals surface area (Å²) in [6.07, 6.45) is 1.59. The number of rotatable bonds is 4. The summed E-state index contributed by atoms with van der Waals surface area (Å²) in [6.45, 7) is 3.27. The molecule has 2 aliphatic rings. The van der Waals surface area contributed by atoms with Crippen LogP contribution in [0.25, 0.3) is 0 Å². The summed E-state index contributed by atoms with van der Waals surface area (Å²) in [5.74, 6) is -0.314. The van der Waals surface area contributed by atoms with Crippen LogP contribution < -0.4 is 4.74 Å². The molecule has 1 unspecified atom stereocenters. The number of ether oxygens (including phenoxy) is 2. The predicted octanol–water partition coefficient (Wildman–Crippen LogP) is 1.30. The lowest BCUT2D eigenvalue weighted by Crippen LogP contribution is -2.50. The molecule has 2 aliphatic heterocycles. The van der Waals surface area contributed by atoms with E-state index >= 15 is 0 Å². The highest BCUT2D eigenvalue weighted by Crippen LogP contribution is 2.20. The summed E-state index contributed by atoms with van der Waals surface area (Å²) in [4.78, 5) is 28.5. The van der Waals surface area contributed by atoms with Gasteiger partial charge >= 0.3 is 0 Å². The lowest BCUT2D eigenvalue weighted by molar-refractivity contribution is -0.144. The van der Waals surface area contributed by atoms with E-state index in [1.54, 1.807) is 11.0 Å². The zero-order valence-electron chi connectivity index (χ0n) is 14.2. The first kappa shape index (κ1) is 17.7. The SMILES string of the molecule is O=C(COc1cccc(F)c1)N1CCCC(C(=O)N2CCOCC2)C1. The molecule has 2 amide bonds. The Morgan fingerprint density at radius 1 is 1.20 bits per heavy atom. The molecular formula is C18H23FN2O4. The van der Waals surface area contributed by atoms with E-state index in [4.69, 9.17) is 9.47 Å². The number of nitrogens with zero attached hydrogens (tertiary/aromatic N) is 2. The van der Waals surface area contributed by atoms with Crippen molar-refractivity contribution in [3.05, 3.63) is 30.1 Å². The molecule has 0 aliphatic carbocycles. The van der Waals surface area contributed by atoms with Crippen molar-refractivity contribution < 1.29 is 23.5 Å². The molecule has 7 heteroatoms. The normalized spacial score (nSPS) is 21.1. The molecular weight excluding hydrogens is 327 g/mol. The Bertz CT molecular complexity index is 619. The molecule has 0 N–H and O–H groups in total. The second-order valence-electron chi connectivity index (χ2n) is 6.36. The summed E-state index contributed by atoms with van der Waals surface area (Å²) >= 11 is 0. The van der Waals surface area contributed by atoms with Gasteiger partial charge in [-0.05, 0) is 25.0 Å². The number of piperidine rings is 1. The molecule has 2 fully saturated rings. The van der Waals surface area contributed by atoms with E-state index in [2.05, 4.69) is 0 Å². The van der Waals surface area contributed by atoms with Gasteiger partial charge in [-0.3, -0.25) is 9.59 Å². The van der Waals surface area contributed by atoms with Gasteiger partial charge < -0.3 is 19.3 Å². The highest BCUT2D eigenvalue weighted by atomic mass is 19.1. The van der Waals surface area contributed by atoms with Crippen molar-refractivity contribution in [2.24, 2.45) is 5.92 Å². The Hall–Kier alpha value is -2.15. The molecule has 2 heterocycles. The molecule has 136 valence electrons. The van der Waals surface area contributed by atoms with E-state index in [1.165, 1.54) is 18.2 Å². The van der Waals surface area contributed by atoms with Gasteiger partial charge in [0.2, 0.25) is 5.91 Å². The van der Waals surface area contributed by atoms with Crippen molar-refractivity contribution in [3.8, 4) is 5.75 Å². The summed E-state index contributed by atoms with van der Waals surface area (Å²) in [5.41, 5.74) is 0. The van der Waals surface area contributed by atoms with Gasteiger partial charge in [0.25, 0.3) is 5.91 Å². The number of benzene rings is 1. The van der Waals surface area contributed by atoms with Gasteiger partial charge in [-0.2, -0.15) is 0 Å². The van der Waals surface area contributed by atoms with Crippen LogP contribution in [0.3, 0.4) is 0 Å². The van der Waals surface area contributed by atoms with Crippen molar-refractivity contribution in [2.75, 3.05) is 46.0 Å². The molecule has 0 spiro atoms. The maximum Gasteiger partial charge on any atom is 0.260 e. The molecule has 25 heavy (non-hydrogen) atoms. The highest BCUT2D eigenvalue weighted by Gasteiger charge is 2.31. The molecule has 2 saturated heterocycles. The molecule has 1 aromatic rings. The van der Waals surface area contributed by atoms with Crippen LogP contribution in [0, 0.1) is 11.7 Å². The summed E-state index contributed by atoms with van der Waals surface area (Å²) in [7, 11) is 0. The van der Waals surface area contributed by atoms with Crippen molar-refractivity contribution in [3.63, 3.8) is 0 Å². The van der Waals surface area contributed by atoms with Crippen LogP contribution in [-0.4, -0.2) is 67.6 Å². The fourth-order valence-electron chi connectivity index (χ4n) is 3.24. The summed E-state index contributed by atoms with van der Waals surface area (Å²) in [6, 6.07) is 5.71. The van der Waals surface area contributed by atoms with Crippen LogP contribution in [0.5, 0.6) is 5.75 Å². The number of likely N-dealkylation sites (tertiary alicyclic amines) is 1. The fourth-order valence-corrected chi connectivity index (χ4v) is 3.24. The largest absolute Gasteiger partial charge is 0.484 e. The number of hydrogen-bond acceptors (Lipinski definition) is 4. The molecule has 3 rings (SSSR count). The van der Waals surface area contributed by atoms with Gasteiger partial charge in [-0.25, -0.2) is 4.39 Å². The minimum absolute atomic E-state index is 0.104. The monoisotopic (exact) mass is 350 g/mol. The maximum absolute atomic E-state index is 13.1. The third kappa shape index (κ3) is 4.69. The number of carbonyl (C=O) groups excluding carboxylic acids is 2. The van der Waals surface area contributed by atoms with Crippen molar-refractivity contribution >= 4 is 11.8 Å². The number of morpholine rings is 1. The van der Waals surface area contributed by atoms with Crippen LogP contribution in [0.4, 0.5) is 4.39 Å². The first-order valence-corrected chi connectivity index (χ1v) is 8.66. The minimum Gasteiger partial charge on any atom is -0.484 e. The first-order valence-electron chi connectivity index (χ1n) is 8.66. The van der Waals surface area contributed by atoms with Crippen molar-refractivity contribution in [1.29, 1.82) is 0 Å². The lowest BCUT2D eigenvalue weighted by Gasteiger charge is -2.36. The van der Waals surface area contributed by atoms with E-state index in [0.717, 1.165) is 12.8 Å². The van der Waals surface area contributed by atoms with Crippen molar-refractivity contribution in [1.82, 2.24) is 9.80 Å². The zero-order valence-corrected chi connectivity index (χ0v) is 14.2. The maximum atomic E-state index is 13.1. The fraction of sp³-hybridized carbons (Fsp3) is 0.556. The van der Waals surface area contributed by atoms with E-state index in [0.29, 0.717) is 45.1 Å². The number of carbonyl (C=O) groups is 2. The van der Waals surface area contributed by atoms with Crippen LogP contribution >= 0.6 is 0 Å². The van der Waals surface area contributed by atoms with Crippen LogP contribution in [-0.2, 0) is 14.3 Å². The third-order valence-electron chi connectivity index (χ3n) is 4.60. The topological polar surface area (TPSA) is 59.1 Å². The van der Waals surface area contributed by atoms with Crippen LogP contribution in [0.2, 0.25) is 0 Å². The zero-order chi connectivity index (χ0) is 17.6. The Labute approximate surface area is 146 Å². The Morgan fingerprint density at radius 2 is 2.00 bits per heavy atom. The standard InChI is InChI=1S/C18H23FN2O4/c19-15-4-1-5-16(11-15)25-13-17(22)21-6-2-3-14(12-21)18(23)20-7-9-24-10-8-20/h1,4-5,11,14H,2-3,6-10,12-13H2. The van der Waals surface area contributed by atoms with E-state index in [1.807, 2.05) is 4.90 Å². The molecule has 1 atom stereocenters. The van der Waals surface area contributed by atoms with Gasteiger partial charge in [0.1, 0.15) is 11.6 Å². The van der Waals surface area contributed by atoms with Crippen molar-refractivity contribution in [2.45, 2.75) is 12.8 Å². The number of hydrogen-bond donors (Lipinski definition) is 0. The van der Waals surface area contributed by atoms with E-state index < -0.39 is 5.82 Å². The second-order valence-corrected chi connectivity index (χ2v) is 6.36. The smallest absolute Gasteiger partial charge is 0.260 e. The first-order chi connectivity index (χ1) is 12.1. The molecule has 6 nitrogen and oxygen atoms in total. The number of halogens is 1. The molecule has 0 aromatic heterocycles. The minimum atomic E-state index is -0.404. The quantitative estimate of drug-likeness (QED) is 0.821. The van der Waals surface area contributed by atoms with Crippen LogP contribution in [0.15, 0.2) is 24.3 Å². The van der Waals surface area contributed by atoms with E-state index in [9.17, 15) is 14.0 Å². The Kier molecular flexibility index (Phi) is 5.86. The predicted molar refractivity (Wildman–Crippen MR) is 88.6 cm³/mol. The molecule has 0 bridgehead atoms. The van der Waals surface area contributed by atoms with Gasteiger partial charge in [-0.1, -0.05) is 6.07 Å². The lowest BCUT2D eigenvalue weighted by atomic mass is 9.96. The van der Waals surface area contributed by atoms with Gasteiger partial charge in [0.05, 0.1) is 19.1 Å². The third-order valence-corrected chi connectivity index (χ3v) is 4.60. The van der Waals surface area contributed by atoms with Crippen LogP contribution in [0.1, 0.15) is 12.8 Å². The second kappa shape index (κ2) is 8.29. The van der Waals surface area contributed by atoms with Gasteiger partial charge in [-0.15, -0.1) is 0 Å². The summed E-state index contributed by atoms with van der Waals surface area (Å²) in [5, 5.41) is 0. The molecule has 1 aromatic carbocycles. The average molecular weight is 350 g/mol. The molecule has 0 radical (unpaired) electrons. The van der Waals surface area contributed by atoms with Gasteiger partial charge in [0.15, 0.2) is 6.61 Å². The van der Waals surface area contributed by atoms with Gasteiger partial charge in [0, 0.05) is 32.2 Å². The average Bonchev–Trinajstić information content (AvgIpc) is 2.66. The Morgan fingerprint density at radius 3 is 2.76 bits per heavy atom. The number of amides is 2. The summed E-state index contributed by atoms with van der Waals surface area (Å²) < 4.78 is 23.8.